The fraction of sp³-hybridized carbons (Fsp3) is 0.414. The maximum Gasteiger partial charge on any atom is 0.264 e. The number of hydrogen-bond donors (Lipinski definition) is 0. The number of fused-ring (bicyclic) bond motifs is 2. The van der Waals surface area contributed by atoms with E-state index in [4.69, 9.17) is 9.72 Å². The number of thioether (sulfide) groups is 1. The first-order valence-electron chi connectivity index (χ1n) is 13.2. The molecular formula is C29H32N4O3S. The maximum absolute atomic E-state index is 13.8. The largest absolute Gasteiger partial charge is 0.493 e. The molecule has 0 radical (unpaired) electrons. The molecule has 0 spiro atoms. The van der Waals surface area contributed by atoms with Crippen LogP contribution in [0.15, 0.2) is 58.5 Å². The average molecular weight is 517 g/mol. The molecule has 0 atom stereocenters. The highest BCUT2D eigenvalue weighted by atomic mass is 32.2. The molecule has 1 amide bonds. The van der Waals surface area contributed by atoms with E-state index in [0.717, 1.165) is 41.0 Å². The van der Waals surface area contributed by atoms with Crippen molar-refractivity contribution >= 4 is 23.4 Å². The number of ether oxygens (including phenoxy) is 1. The van der Waals surface area contributed by atoms with Crippen molar-refractivity contribution in [1.82, 2.24) is 14.5 Å². The van der Waals surface area contributed by atoms with Crippen LogP contribution in [0, 0.1) is 0 Å². The van der Waals surface area contributed by atoms with Crippen molar-refractivity contribution in [3.8, 4) is 11.4 Å². The van der Waals surface area contributed by atoms with Gasteiger partial charge in [-0.05, 0) is 48.7 Å². The van der Waals surface area contributed by atoms with E-state index in [1.54, 1.807) is 16.3 Å². The van der Waals surface area contributed by atoms with Crippen LogP contribution in [0.5, 0.6) is 5.75 Å². The van der Waals surface area contributed by atoms with Crippen molar-refractivity contribution in [2.24, 2.45) is 0 Å². The lowest BCUT2D eigenvalue weighted by Crippen LogP contribution is -2.42. The van der Waals surface area contributed by atoms with Gasteiger partial charge in [0, 0.05) is 50.3 Å². The monoisotopic (exact) mass is 516 g/mol. The highest BCUT2D eigenvalue weighted by molar-refractivity contribution is 7.99. The average Bonchev–Trinajstić information content (AvgIpc) is 3.37. The molecular weight excluding hydrogens is 484 g/mol. The Morgan fingerprint density at radius 2 is 2.00 bits per heavy atom. The summed E-state index contributed by atoms with van der Waals surface area (Å²) in [6.07, 6.45) is 5.52. The SMILES string of the molecule is CN(CCC(=O)N1CCc2nc(SC3CCC3)n(-c3ccccc3)c(=O)c2C1)c1ccc2c(c1)CCO2. The second kappa shape index (κ2) is 10.2. The Kier molecular flexibility index (Phi) is 6.67. The summed E-state index contributed by atoms with van der Waals surface area (Å²) >= 11 is 1.72. The van der Waals surface area contributed by atoms with Crippen molar-refractivity contribution < 1.29 is 9.53 Å². The molecule has 2 aliphatic heterocycles. The summed E-state index contributed by atoms with van der Waals surface area (Å²) in [5.41, 5.74) is 4.59. The van der Waals surface area contributed by atoms with Gasteiger partial charge in [0.15, 0.2) is 5.16 Å². The number of aromatic nitrogens is 2. The molecule has 1 saturated carbocycles. The highest BCUT2D eigenvalue weighted by Crippen LogP contribution is 2.36. The van der Waals surface area contributed by atoms with Gasteiger partial charge in [0.05, 0.1) is 30.1 Å². The fourth-order valence-electron chi connectivity index (χ4n) is 5.15. The van der Waals surface area contributed by atoms with Crippen LogP contribution in [0.2, 0.25) is 0 Å². The van der Waals surface area contributed by atoms with Crippen LogP contribution in [0.3, 0.4) is 0 Å². The van der Waals surface area contributed by atoms with Gasteiger partial charge in [0.1, 0.15) is 5.75 Å². The Hall–Kier alpha value is -3.26. The Bertz CT molecular complexity index is 1370. The van der Waals surface area contributed by atoms with Crippen LogP contribution in [0.25, 0.3) is 5.69 Å². The van der Waals surface area contributed by atoms with Crippen LogP contribution >= 0.6 is 11.8 Å². The smallest absolute Gasteiger partial charge is 0.264 e. The van der Waals surface area contributed by atoms with Gasteiger partial charge in [0.25, 0.3) is 5.56 Å². The molecule has 0 N–H and O–H groups in total. The van der Waals surface area contributed by atoms with E-state index < -0.39 is 0 Å². The van der Waals surface area contributed by atoms with E-state index in [1.807, 2.05) is 54.4 Å². The zero-order valence-electron chi connectivity index (χ0n) is 21.2. The molecule has 3 aliphatic rings. The topological polar surface area (TPSA) is 67.7 Å². The van der Waals surface area contributed by atoms with Gasteiger partial charge in [-0.2, -0.15) is 0 Å². The minimum Gasteiger partial charge on any atom is -0.493 e. The quantitative estimate of drug-likeness (QED) is 0.438. The molecule has 3 aromatic rings. The molecule has 1 aliphatic carbocycles. The van der Waals surface area contributed by atoms with E-state index in [9.17, 15) is 9.59 Å². The number of rotatable bonds is 7. The van der Waals surface area contributed by atoms with Gasteiger partial charge in [-0.3, -0.25) is 14.2 Å². The van der Waals surface area contributed by atoms with Crippen molar-refractivity contribution in [1.29, 1.82) is 0 Å². The first-order chi connectivity index (χ1) is 18.1. The van der Waals surface area contributed by atoms with Crippen LogP contribution < -0.4 is 15.2 Å². The van der Waals surface area contributed by atoms with Gasteiger partial charge in [0.2, 0.25) is 5.91 Å². The van der Waals surface area contributed by atoms with Crippen molar-refractivity contribution in [3.63, 3.8) is 0 Å². The molecule has 0 bridgehead atoms. The summed E-state index contributed by atoms with van der Waals surface area (Å²) in [5, 5.41) is 1.30. The fourth-order valence-corrected chi connectivity index (χ4v) is 6.47. The molecule has 192 valence electrons. The summed E-state index contributed by atoms with van der Waals surface area (Å²) in [7, 11) is 2.01. The predicted octanol–water partition coefficient (Wildman–Crippen LogP) is 4.22. The number of carbonyl (C=O) groups is 1. The zero-order valence-corrected chi connectivity index (χ0v) is 22.0. The third-order valence-corrected chi connectivity index (χ3v) is 8.95. The zero-order chi connectivity index (χ0) is 25.4. The van der Waals surface area contributed by atoms with Gasteiger partial charge < -0.3 is 14.5 Å². The number of anilines is 1. The van der Waals surface area contributed by atoms with E-state index in [0.29, 0.717) is 43.3 Å². The van der Waals surface area contributed by atoms with E-state index >= 15 is 0 Å². The van der Waals surface area contributed by atoms with E-state index in [2.05, 4.69) is 11.0 Å². The molecule has 0 saturated heterocycles. The third kappa shape index (κ3) is 4.87. The Balaban J connectivity index is 1.18. The number of carbonyl (C=O) groups excluding carboxylic acids is 1. The first-order valence-corrected chi connectivity index (χ1v) is 14.1. The third-order valence-electron chi connectivity index (χ3n) is 7.67. The second-order valence-electron chi connectivity index (χ2n) is 10.1. The number of hydrogen-bond acceptors (Lipinski definition) is 6. The molecule has 3 heterocycles. The van der Waals surface area contributed by atoms with E-state index in [1.165, 1.54) is 24.8 Å². The van der Waals surface area contributed by atoms with Gasteiger partial charge >= 0.3 is 0 Å². The molecule has 6 rings (SSSR count). The molecule has 37 heavy (non-hydrogen) atoms. The molecule has 1 aromatic heterocycles. The van der Waals surface area contributed by atoms with E-state index in [-0.39, 0.29) is 11.5 Å². The molecule has 8 heteroatoms. The van der Waals surface area contributed by atoms with Gasteiger partial charge in [-0.15, -0.1) is 0 Å². The second-order valence-corrected chi connectivity index (χ2v) is 11.4. The lowest BCUT2D eigenvalue weighted by molar-refractivity contribution is -0.131. The van der Waals surface area contributed by atoms with Crippen LogP contribution in [0.4, 0.5) is 5.69 Å². The van der Waals surface area contributed by atoms with Crippen molar-refractivity contribution in [2.75, 3.05) is 31.6 Å². The number of para-hydroxylation sites is 1. The number of benzene rings is 2. The van der Waals surface area contributed by atoms with Crippen LogP contribution in [-0.2, 0) is 24.2 Å². The summed E-state index contributed by atoms with van der Waals surface area (Å²) in [6.45, 7) is 2.27. The summed E-state index contributed by atoms with van der Waals surface area (Å²) in [4.78, 5) is 35.9. The Labute approximate surface area is 221 Å². The minimum atomic E-state index is -0.0481. The van der Waals surface area contributed by atoms with Gasteiger partial charge in [-0.25, -0.2) is 4.98 Å². The standard InChI is InChI=1S/C29H32N4O3S/c1-31(22-10-11-26-20(18-22)14-17-36-26)15-13-27(34)32-16-12-25-24(19-32)28(35)33(21-6-3-2-4-7-21)29(30-25)37-23-8-5-9-23/h2-4,6-7,10-11,18,23H,5,8-9,12-17,19H2,1H3. The first kappa shape index (κ1) is 24.1. The number of amides is 1. The Morgan fingerprint density at radius 1 is 1.16 bits per heavy atom. The molecule has 2 aromatic carbocycles. The van der Waals surface area contributed by atoms with Crippen LogP contribution in [-0.4, -0.2) is 52.4 Å². The lowest BCUT2D eigenvalue weighted by Gasteiger charge is -2.31. The van der Waals surface area contributed by atoms with Crippen LogP contribution in [0.1, 0.15) is 42.5 Å². The highest BCUT2D eigenvalue weighted by Gasteiger charge is 2.29. The van der Waals surface area contributed by atoms with Crippen molar-refractivity contribution in [3.05, 3.63) is 75.7 Å². The molecule has 1 fully saturated rings. The molecule has 7 nitrogen and oxygen atoms in total. The summed E-state index contributed by atoms with van der Waals surface area (Å²) in [5.74, 6) is 1.03. The lowest BCUT2D eigenvalue weighted by atomic mass is 10.0. The van der Waals surface area contributed by atoms with Crippen molar-refractivity contribution in [2.45, 2.75) is 55.5 Å². The Morgan fingerprint density at radius 3 is 2.78 bits per heavy atom. The predicted molar refractivity (Wildman–Crippen MR) is 146 cm³/mol. The normalized spacial score (nSPS) is 16.5. The maximum atomic E-state index is 13.8. The minimum absolute atomic E-state index is 0.0481. The molecule has 0 unspecified atom stereocenters. The van der Waals surface area contributed by atoms with Gasteiger partial charge in [-0.1, -0.05) is 36.4 Å². The summed E-state index contributed by atoms with van der Waals surface area (Å²) in [6, 6.07) is 16.0. The summed E-state index contributed by atoms with van der Waals surface area (Å²) < 4.78 is 7.36. The number of nitrogens with zero attached hydrogens (tertiary/aromatic N) is 4.